The van der Waals surface area contributed by atoms with Crippen molar-refractivity contribution in [2.75, 3.05) is 0 Å². The van der Waals surface area contributed by atoms with E-state index in [1.165, 1.54) is 17.1 Å². The average Bonchev–Trinajstić information content (AvgIpc) is 3.05. The maximum absolute atomic E-state index is 12.1. The first-order chi connectivity index (χ1) is 10.3. The summed E-state index contributed by atoms with van der Waals surface area (Å²) in [4.78, 5) is 12.5. The van der Waals surface area contributed by atoms with E-state index in [2.05, 4.69) is 24.3 Å². The molecule has 0 amide bonds. The number of hydrogen-bond donors (Lipinski definition) is 0. The molecule has 2 unspecified atom stereocenters. The molecule has 1 heterocycles. The van der Waals surface area contributed by atoms with Crippen LogP contribution in [-0.2, 0) is 4.74 Å². The fourth-order valence-corrected chi connectivity index (χ4v) is 5.31. The molecule has 0 aliphatic heterocycles. The van der Waals surface area contributed by atoms with Crippen LogP contribution in [0.1, 0.15) is 36.2 Å². The van der Waals surface area contributed by atoms with Gasteiger partial charge >= 0.3 is 130 Å². The Labute approximate surface area is 130 Å². The molecule has 3 rings (SSSR count). The van der Waals surface area contributed by atoms with Crippen LogP contribution < -0.4 is 4.46 Å². The zero-order valence-electron chi connectivity index (χ0n) is 11.7. The molecule has 110 valence electrons. The van der Waals surface area contributed by atoms with Crippen molar-refractivity contribution in [3.8, 4) is 0 Å². The van der Waals surface area contributed by atoms with Gasteiger partial charge in [0.05, 0.1) is 0 Å². The van der Waals surface area contributed by atoms with E-state index < -0.39 is 0 Å². The van der Waals surface area contributed by atoms with E-state index in [0.29, 0.717) is 25.5 Å². The van der Waals surface area contributed by atoms with Crippen molar-refractivity contribution < 1.29 is 13.9 Å². The van der Waals surface area contributed by atoms with Gasteiger partial charge in [-0.2, -0.15) is 0 Å². The normalized spacial score (nSPS) is 21.9. The van der Waals surface area contributed by atoms with Crippen molar-refractivity contribution in [3.63, 3.8) is 0 Å². The summed E-state index contributed by atoms with van der Waals surface area (Å²) in [5.74, 6) is -0.0349. The van der Waals surface area contributed by atoms with Crippen LogP contribution in [0.25, 0.3) is 0 Å². The third-order valence-electron chi connectivity index (χ3n) is 3.65. The first-order valence-corrected chi connectivity index (χ1v) is 9.14. The summed E-state index contributed by atoms with van der Waals surface area (Å²) in [6.45, 7) is 0. The SMILES string of the molecule is O=C(OC1CCCCC1[Se]c1ccccc1)c1ccco1. The molecule has 0 saturated heterocycles. The number of carbonyl (C=O) groups excluding carboxylic acids is 1. The molecule has 1 aromatic carbocycles. The first-order valence-electron chi connectivity index (χ1n) is 7.29. The maximum atomic E-state index is 12.1. The summed E-state index contributed by atoms with van der Waals surface area (Å²) in [5.41, 5.74) is 0. The fourth-order valence-electron chi connectivity index (χ4n) is 2.60. The van der Waals surface area contributed by atoms with Gasteiger partial charge in [-0.05, 0) is 0 Å². The second-order valence-electron chi connectivity index (χ2n) is 5.17. The Kier molecular flexibility index (Phi) is 4.79. The minimum absolute atomic E-state index is 0.0246. The Morgan fingerprint density at radius 3 is 2.67 bits per heavy atom. The monoisotopic (exact) mass is 350 g/mol. The number of benzene rings is 1. The molecule has 0 radical (unpaired) electrons. The zero-order valence-corrected chi connectivity index (χ0v) is 13.4. The Morgan fingerprint density at radius 2 is 1.90 bits per heavy atom. The number of ether oxygens (including phenoxy) is 1. The van der Waals surface area contributed by atoms with Gasteiger partial charge in [0.25, 0.3) is 0 Å². The van der Waals surface area contributed by atoms with E-state index in [4.69, 9.17) is 9.15 Å². The summed E-state index contributed by atoms with van der Waals surface area (Å²) in [6.07, 6.45) is 6.00. The van der Waals surface area contributed by atoms with Crippen LogP contribution in [0.2, 0.25) is 4.82 Å². The summed E-state index contributed by atoms with van der Waals surface area (Å²) < 4.78 is 12.2. The van der Waals surface area contributed by atoms with Gasteiger partial charge in [-0.25, -0.2) is 0 Å². The van der Waals surface area contributed by atoms with Gasteiger partial charge in [0.15, 0.2) is 0 Å². The Hall–Kier alpha value is -1.51. The Balaban J connectivity index is 1.65. The van der Waals surface area contributed by atoms with Crippen molar-refractivity contribution in [2.45, 2.75) is 36.6 Å². The van der Waals surface area contributed by atoms with Crippen LogP contribution in [0.3, 0.4) is 0 Å². The Bertz CT molecular complexity index is 565. The van der Waals surface area contributed by atoms with Gasteiger partial charge < -0.3 is 0 Å². The van der Waals surface area contributed by atoms with E-state index in [1.54, 1.807) is 12.1 Å². The molecular weight excluding hydrogens is 331 g/mol. The van der Waals surface area contributed by atoms with Gasteiger partial charge in [-0.3, -0.25) is 0 Å². The summed E-state index contributed by atoms with van der Waals surface area (Å²) in [5, 5.41) is 0. The molecule has 1 saturated carbocycles. The van der Waals surface area contributed by atoms with Crippen LogP contribution in [0.15, 0.2) is 53.1 Å². The van der Waals surface area contributed by atoms with Crippen molar-refractivity contribution >= 4 is 25.4 Å². The number of esters is 1. The summed E-state index contributed by atoms with van der Waals surface area (Å²) in [6, 6.07) is 13.9. The van der Waals surface area contributed by atoms with Crippen LogP contribution in [0, 0.1) is 0 Å². The minimum atomic E-state index is -0.333. The summed E-state index contributed by atoms with van der Waals surface area (Å²) >= 11 is 0.343. The second kappa shape index (κ2) is 6.97. The molecular formula is C17H18O3Se. The average molecular weight is 349 g/mol. The van der Waals surface area contributed by atoms with E-state index in [0.717, 1.165) is 19.3 Å². The zero-order chi connectivity index (χ0) is 14.5. The number of furan rings is 1. The standard InChI is InChI=1S/C17H18O3Se/c18-17(15-10-6-12-19-15)20-14-9-4-5-11-16(14)21-13-7-2-1-3-8-13/h1-3,6-8,10,12,14,16H,4-5,9,11H2. The molecule has 1 aliphatic rings. The van der Waals surface area contributed by atoms with Crippen molar-refractivity contribution in [3.05, 3.63) is 54.5 Å². The summed E-state index contributed by atoms with van der Waals surface area (Å²) in [7, 11) is 0. The van der Waals surface area contributed by atoms with Gasteiger partial charge in [0.1, 0.15) is 0 Å². The first kappa shape index (κ1) is 14.4. The third-order valence-corrected chi connectivity index (χ3v) is 6.56. The number of hydrogen-bond acceptors (Lipinski definition) is 3. The van der Waals surface area contributed by atoms with Gasteiger partial charge in [0, 0.05) is 0 Å². The molecule has 1 aliphatic carbocycles. The molecule has 1 aromatic heterocycles. The molecule has 0 spiro atoms. The quantitative estimate of drug-likeness (QED) is 0.629. The van der Waals surface area contributed by atoms with E-state index in [1.807, 2.05) is 6.07 Å². The van der Waals surface area contributed by atoms with Gasteiger partial charge in [-0.15, -0.1) is 0 Å². The van der Waals surface area contributed by atoms with Crippen molar-refractivity contribution in [2.24, 2.45) is 0 Å². The van der Waals surface area contributed by atoms with Crippen molar-refractivity contribution in [1.82, 2.24) is 0 Å². The topological polar surface area (TPSA) is 39.4 Å². The van der Waals surface area contributed by atoms with Crippen LogP contribution >= 0.6 is 0 Å². The van der Waals surface area contributed by atoms with Crippen LogP contribution in [-0.4, -0.2) is 27.0 Å². The predicted molar refractivity (Wildman–Crippen MR) is 82.0 cm³/mol. The number of carbonyl (C=O) groups is 1. The Morgan fingerprint density at radius 1 is 1.10 bits per heavy atom. The predicted octanol–water partition coefficient (Wildman–Crippen LogP) is 3.20. The molecule has 0 bridgehead atoms. The molecule has 2 atom stereocenters. The van der Waals surface area contributed by atoms with Crippen molar-refractivity contribution in [1.29, 1.82) is 0 Å². The molecule has 4 heteroatoms. The molecule has 0 N–H and O–H groups in total. The molecule has 2 aromatic rings. The van der Waals surface area contributed by atoms with Gasteiger partial charge in [0.2, 0.25) is 0 Å². The molecule has 21 heavy (non-hydrogen) atoms. The fraction of sp³-hybridized carbons (Fsp3) is 0.353. The van der Waals surface area contributed by atoms with Gasteiger partial charge in [-0.1, -0.05) is 0 Å². The third kappa shape index (κ3) is 3.78. The van der Waals surface area contributed by atoms with E-state index >= 15 is 0 Å². The number of rotatable bonds is 4. The van der Waals surface area contributed by atoms with Crippen LogP contribution in [0.5, 0.6) is 0 Å². The van der Waals surface area contributed by atoms with E-state index in [9.17, 15) is 4.79 Å². The molecule has 3 nitrogen and oxygen atoms in total. The second-order valence-corrected chi connectivity index (χ2v) is 7.93. The van der Waals surface area contributed by atoms with E-state index in [-0.39, 0.29) is 12.1 Å². The molecule has 1 fully saturated rings. The van der Waals surface area contributed by atoms with Crippen LogP contribution in [0.4, 0.5) is 0 Å².